The first-order chi connectivity index (χ1) is 7.09. The van der Waals surface area contributed by atoms with Crippen molar-refractivity contribution in [3.05, 3.63) is 0 Å². The Morgan fingerprint density at radius 1 is 1.33 bits per heavy atom. The van der Waals surface area contributed by atoms with Gasteiger partial charge in [0.1, 0.15) is 0 Å². The monoisotopic (exact) mass is 212 g/mol. The van der Waals surface area contributed by atoms with E-state index in [4.69, 9.17) is 0 Å². The lowest BCUT2D eigenvalue weighted by Crippen LogP contribution is -2.39. The van der Waals surface area contributed by atoms with Crippen molar-refractivity contribution in [2.24, 2.45) is 5.92 Å². The molecule has 0 unspecified atom stereocenters. The first kappa shape index (κ1) is 12.5. The summed E-state index contributed by atoms with van der Waals surface area (Å²) >= 11 is 0. The molecule has 0 spiro atoms. The molecule has 15 heavy (non-hydrogen) atoms. The van der Waals surface area contributed by atoms with Crippen molar-refractivity contribution >= 4 is 5.91 Å². The van der Waals surface area contributed by atoms with Gasteiger partial charge in [0.2, 0.25) is 5.91 Å². The predicted molar refractivity (Wildman–Crippen MR) is 62.7 cm³/mol. The minimum absolute atomic E-state index is 0.0701. The number of rotatable bonds is 4. The summed E-state index contributed by atoms with van der Waals surface area (Å²) in [4.78, 5) is 13.1. The molecule has 0 aromatic rings. The van der Waals surface area contributed by atoms with Gasteiger partial charge in [-0.25, -0.2) is 0 Å². The lowest BCUT2D eigenvalue weighted by Gasteiger charge is -2.33. The SMILES string of the molecule is CC(=O)NCCN(C)C1CCC(C)CC1. The van der Waals surface area contributed by atoms with E-state index in [1.165, 1.54) is 25.7 Å². The Hall–Kier alpha value is -0.570. The molecule has 1 aliphatic rings. The maximum Gasteiger partial charge on any atom is 0.216 e. The minimum Gasteiger partial charge on any atom is -0.355 e. The van der Waals surface area contributed by atoms with Gasteiger partial charge in [-0.2, -0.15) is 0 Å². The average Bonchev–Trinajstić information content (AvgIpc) is 2.18. The molecule has 0 bridgehead atoms. The van der Waals surface area contributed by atoms with Crippen molar-refractivity contribution in [1.82, 2.24) is 10.2 Å². The van der Waals surface area contributed by atoms with Crippen molar-refractivity contribution in [3.8, 4) is 0 Å². The Labute approximate surface area is 93.2 Å². The standard InChI is InChI=1S/C12H24N2O/c1-10-4-6-12(7-5-10)14(3)9-8-13-11(2)15/h10,12H,4-9H2,1-3H3,(H,13,15). The third kappa shape index (κ3) is 4.65. The van der Waals surface area contributed by atoms with Gasteiger partial charge in [0.25, 0.3) is 0 Å². The minimum atomic E-state index is 0.0701. The lowest BCUT2D eigenvalue weighted by atomic mass is 9.87. The normalized spacial score (nSPS) is 26.7. The molecule has 0 radical (unpaired) electrons. The van der Waals surface area contributed by atoms with Gasteiger partial charge in [-0.15, -0.1) is 0 Å². The summed E-state index contributed by atoms with van der Waals surface area (Å²) in [7, 11) is 2.17. The van der Waals surface area contributed by atoms with Crippen LogP contribution in [0.25, 0.3) is 0 Å². The molecule has 1 fully saturated rings. The van der Waals surface area contributed by atoms with E-state index >= 15 is 0 Å². The molecule has 1 saturated carbocycles. The Balaban J connectivity index is 2.16. The largest absolute Gasteiger partial charge is 0.355 e. The number of likely N-dealkylation sites (N-methyl/N-ethyl adjacent to an activating group) is 1. The zero-order chi connectivity index (χ0) is 11.3. The fourth-order valence-electron chi connectivity index (χ4n) is 2.27. The maximum atomic E-state index is 10.7. The second-order valence-corrected chi connectivity index (χ2v) is 4.88. The van der Waals surface area contributed by atoms with Crippen LogP contribution in [0.5, 0.6) is 0 Å². The van der Waals surface area contributed by atoms with Crippen molar-refractivity contribution < 1.29 is 4.79 Å². The summed E-state index contributed by atoms with van der Waals surface area (Å²) < 4.78 is 0. The van der Waals surface area contributed by atoms with Gasteiger partial charge < -0.3 is 10.2 Å². The van der Waals surface area contributed by atoms with E-state index in [-0.39, 0.29) is 5.91 Å². The highest BCUT2D eigenvalue weighted by Gasteiger charge is 2.21. The predicted octanol–water partition coefficient (Wildman–Crippen LogP) is 1.63. The molecular weight excluding hydrogens is 188 g/mol. The molecule has 88 valence electrons. The Kier molecular flexibility index (Phi) is 5.09. The number of hydrogen-bond donors (Lipinski definition) is 1. The third-order valence-electron chi connectivity index (χ3n) is 3.45. The molecule has 1 amide bonds. The van der Waals surface area contributed by atoms with Crippen LogP contribution in [0.1, 0.15) is 39.5 Å². The number of nitrogens with zero attached hydrogens (tertiary/aromatic N) is 1. The van der Waals surface area contributed by atoms with Crippen LogP contribution in [0.15, 0.2) is 0 Å². The van der Waals surface area contributed by atoms with Gasteiger partial charge in [-0.1, -0.05) is 6.92 Å². The Morgan fingerprint density at radius 3 is 2.47 bits per heavy atom. The fourth-order valence-corrected chi connectivity index (χ4v) is 2.27. The molecule has 3 heteroatoms. The lowest BCUT2D eigenvalue weighted by molar-refractivity contribution is -0.119. The van der Waals surface area contributed by atoms with Crippen molar-refractivity contribution in [3.63, 3.8) is 0 Å². The molecule has 1 aliphatic carbocycles. The van der Waals surface area contributed by atoms with Gasteiger partial charge in [0.15, 0.2) is 0 Å². The van der Waals surface area contributed by atoms with E-state index in [0.717, 1.165) is 25.0 Å². The van der Waals surface area contributed by atoms with Crippen molar-refractivity contribution in [1.29, 1.82) is 0 Å². The van der Waals surface area contributed by atoms with Crippen molar-refractivity contribution in [2.75, 3.05) is 20.1 Å². The molecular formula is C12H24N2O. The quantitative estimate of drug-likeness (QED) is 0.768. The second-order valence-electron chi connectivity index (χ2n) is 4.88. The molecule has 0 heterocycles. The number of amides is 1. The molecule has 0 saturated heterocycles. The van der Waals surface area contributed by atoms with Crippen molar-refractivity contribution in [2.45, 2.75) is 45.6 Å². The van der Waals surface area contributed by atoms with E-state index in [1.54, 1.807) is 6.92 Å². The van der Waals surface area contributed by atoms with Crippen LogP contribution < -0.4 is 5.32 Å². The summed E-state index contributed by atoms with van der Waals surface area (Å²) in [6, 6.07) is 0.731. The summed E-state index contributed by atoms with van der Waals surface area (Å²) in [6.45, 7) is 5.66. The number of carbonyl (C=O) groups excluding carboxylic acids is 1. The van der Waals surface area contributed by atoms with Gasteiger partial charge >= 0.3 is 0 Å². The number of carbonyl (C=O) groups is 1. The first-order valence-corrected chi connectivity index (χ1v) is 6.04. The zero-order valence-corrected chi connectivity index (χ0v) is 10.3. The number of nitrogens with one attached hydrogen (secondary N) is 1. The summed E-state index contributed by atoms with van der Waals surface area (Å²) in [6.07, 6.45) is 5.35. The molecule has 1 N–H and O–H groups in total. The Bertz CT molecular complexity index is 198. The zero-order valence-electron chi connectivity index (χ0n) is 10.3. The highest BCUT2D eigenvalue weighted by molar-refractivity contribution is 5.72. The summed E-state index contributed by atoms with van der Waals surface area (Å²) in [5.74, 6) is 0.977. The highest BCUT2D eigenvalue weighted by Crippen LogP contribution is 2.26. The number of hydrogen-bond acceptors (Lipinski definition) is 2. The van der Waals surface area contributed by atoms with Crippen LogP contribution in [0, 0.1) is 5.92 Å². The molecule has 0 aliphatic heterocycles. The van der Waals surface area contributed by atoms with Crippen LogP contribution in [0.2, 0.25) is 0 Å². The van der Waals surface area contributed by atoms with Crippen LogP contribution in [-0.4, -0.2) is 37.0 Å². The molecule has 0 aromatic heterocycles. The van der Waals surface area contributed by atoms with Gasteiger partial charge in [0.05, 0.1) is 0 Å². The fraction of sp³-hybridized carbons (Fsp3) is 0.917. The molecule has 0 atom stereocenters. The first-order valence-electron chi connectivity index (χ1n) is 6.04. The van der Waals surface area contributed by atoms with Gasteiger partial charge in [0, 0.05) is 26.1 Å². The average molecular weight is 212 g/mol. The summed E-state index contributed by atoms with van der Waals surface area (Å²) in [5.41, 5.74) is 0. The van der Waals surface area contributed by atoms with Gasteiger partial charge in [-0.3, -0.25) is 4.79 Å². The third-order valence-corrected chi connectivity index (χ3v) is 3.45. The van der Waals surface area contributed by atoms with Crippen LogP contribution in [-0.2, 0) is 4.79 Å². The van der Waals surface area contributed by atoms with E-state index < -0.39 is 0 Å². The molecule has 1 rings (SSSR count). The second kappa shape index (κ2) is 6.11. The van der Waals surface area contributed by atoms with E-state index in [0.29, 0.717) is 0 Å². The molecule has 0 aromatic carbocycles. The topological polar surface area (TPSA) is 32.3 Å². The highest BCUT2D eigenvalue weighted by atomic mass is 16.1. The van der Waals surface area contributed by atoms with E-state index in [9.17, 15) is 4.79 Å². The summed E-state index contributed by atoms with van der Waals surface area (Å²) in [5, 5.41) is 2.84. The van der Waals surface area contributed by atoms with E-state index in [1.807, 2.05) is 0 Å². The smallest absolute Gasteiger partial charge is 0.216 e. The maximum absolute atomic E-state index is 10.7. The Morgan fingerprint density at radius 2 is 1.93 bits per heavy atom. The van der Waals surface area contributed by atoms with Crippen LogP contribution >= 0.6 is 0 Å². The van der Waals surface area contributed by atoms with Gasteiger partial charge in [-0.05, 0) is 38.6 Å². The van der Waals surface area contributed by atoms with Crippen LogP contribution in [0.3, 0.4) is 0 Å². The van der Waals surface area contributed by atoms with Crippen LogP contribution in [0.4, 0.5) is 0 Å². The van der Waals surface area contributed by atoms with E-state index in [2.05, 4.69) is 24.2 Å². The molecule has 3 nitrogen and oxygen atoms in total.